The molecule has 0 unspecified atom stereocenters. The van der Waals surface area contributed by atoms with Gasteiger partial charge in [0.15, 0.2) is 0 Å². The van der Waals surface area contributed by atoms with E-state index in [1.165, 1.54) is 24.0 Å². The maximum absolute atomic E-state index is 9.69. The first kappa shape index (κ1) is 12.2. The fourth-order valence-corrected chi connectivity index (χ4v) is 2.38. The summed E-state index contributed by atoms with van der Waals surface area (Å²) in [6, 6.07) is 16.3. The number of benzene rings is 2. The summed E-state index contributed by atoms with van der Waals surface area (Å²) in [5.41, 5.74) is 3.74. The van der Waals surface area contributed by atoms with Crippen molar-refractivity contribution in [2.75, 3.05) is 0 Å². The molecule has 1 fully saturated rings. The zero-order valence-electron chi connectivity index (χ0n) is 11.0. The molecule has 3 rings (SSSR count). The highest BCUT2D eigenvalue weighted by Gasteiger charge is 2.23. The second-order valence-electron chi connectivity index (χ2n) is 5.25. The van der Waals surface area contributed by atoms with Crippen molar-refractivity contribution >= 4 is 0 Å². The Balaban J connectivity index is 1.57. The molecule has 1 saturated carbocycles. The van der Waals surface area contributed by atoms with Gasteiger partial charge in [-0.3, -0.25) is 0 Å². The number of phenols is 1. The van der Waals surface area contributed by atoms with Crippen molar-refractivity contribution in [2.45, 2.75) is 31.8 Å². The van der Waals surface area contributed by atoms with Gasteiger partial charge in [-0.15, -0.1) is 0 Å². The molecule has 98 valence electrons. The Morgan fingerprint density at radius 3 is 2.63 bits per heavy atom. The summed E-state index contributed by atoms with van der Waals surface area (Å²) in [6.45, 7) is 1.54. The SMILES string of the molecule is Oc1ccccc1CNCc1cccc(C2CC2)c1. The molecule has 0 heterocycles. The zero-order chi connectivity index (χ0) is 13.1. The lowest BCUT2D eigenvalue weighted by Gasteiger charge is -2.08. The molecule has 1 aliphatic carbocycles. The first-order valence-corrected chi connectivity index (χ1v) is 6.89. The maximum Gasteiger partial charge on any atom is 0.120 e. The van der Waals surface area contributed by atoms with E-state index in [2.05, 4.69) is 29.6 Å². The van der Waals surface area contributed by atoms with Gasteiger partial charge < -0.3 is 10.4 Å². The quantitative estimate of drug-likeness (QED) is 0.854. The van der Waals surface area contributed by atoms with E-state index in [4.69, 9.17) is 0 Å². The molecular formula is C17H19NO. The molecule has 0 amide bonds. The van der Waals surface area contributed by atoms with Gasteiger partial charge in [-0.2, -0.15) is 0 Å². The van der Waals surface area contributed by atoms with E-state index in [0.717, 1.165) is 18.0 Å². The van der Waals surface area contributed by atoms with Crippen LogP contribution in [0.3, 0.4) is 0 Å². The number of nitrogens with one attached hydrogen (secondary N) is 1. The van der Waals surface area contributed by atoms with Crippen LogP contribution in [0.1, 0.15) is 35.4 Å². The van der Waals surface area contributed by atoms with Gasteiger partial charge in [-0.1, -0.05) is 42.5 Å². The molecular weight excluding hydrogens is 234 g/mol. The van der Waals surface area contributed by atoms with Crippen LogP contribution in [0.5, 0.6) is 5.75 Å². The van der Waals surface area contributed by atoms with Gasteiger partial charge >= 0.3 is 0 Å². The molecule has 0 saturated heterocycles. The van der Waals surface area contributed by atoms with Crippen LogP contribution in [0.25, 0.3) is 0 Å². The molecule has 0 aromatic heterocycles. The van der Waals surface area contributed by atoms with Gasteiger partial charge in [0.25, 0.3) is 0 Å². The number of rotatable bonds is 5. The fourth-order valence-electron chi connectivity index (χ4n) is 2.38. The van der Waals surface area contributed by atoms with Crippen molar-refractivity contribution in [3.63, 3.8) is 0 Å². The first-order chi connectivity index (χ1) is 9.33. The standard InChI is InChI=1S/C17H19NO/c19-17-7-2-1-5-16(17)12-18-11-13-4-3-6-15(10-13)14-8-9-14/h1-7,10,14,18-19H,8-9,11-12H2. The third-order valence-electron chi connectivity index (χ3n) is 3.64. The molecule has 2 N–H and O–H groups in total. The highest BCUT2D eigenvalue weighted by molar-refractivity contribution is 5.32. The highest BCUT2D eigenvalue weighted by atomic mass is 16.3. The summed E-state index contributed by atoms with van der Waals surface area (Å²) in [7, 11) is 0. The minimum atomic E-state index is 0.363. The van der Waals surface area contributed by atoms with Crippen molar-refractivity contribution in [2.24, 2.45) is 0 Å². The minimum Gasteiger partial charge on any atom is -0.508 e. The van der Waals surface area contributed by atoms with Crippen LogP contribution in [0.15, 0.2) is 48.5 Å². The number of hydrogen-bond acceptors (Lipinski definition) is 2. The van der Waals surface area contributed by atoms with Crippen LogP contribution in [0, 0.1) is 0 Å². The lowest BCUT2D eigenvalue weighted by atomic mass is 10.1. The van der Waals surface area contributed by atoms with Crippen molar-refractivity contribution in [1.82, 2.24) is 5.32 Å². The predicted molar refractivity (Wildman–Crippen MR) is 77.1 cm³/mol. The van der Waals surface area contributed by atoms with E-state index in [9.17, 15) is 5.11 Å². The van der Waals surface area contributed by atoms with Gasteiger partial charge in [0.05, 0.1) is 0 Å². The van der Waals surface area contributed by atoms with Crippen molar-refractivity contribution in [3.8, 4) is 5.75 Å². The van der Waals surface area contributed by atoms with E-state index in [1.807, 2.05) is 18.2 Å². The van der Waals surface area contributed by atoms with Gasteiger partial charge in [-0.25, -0.2) is 0 Å². The van der Waals surface area contributed by atoms with Crippen molar-refractivity contribution in [1.29, 1.82) is 0 Å². The second-order valence-corrected chi connectivity index (χ2v) is 5.25. The Labute approximate surface area is 114 Å². The van der Waals surface area contributed by atoms with Crippen molar-refractivity contribution in [3.05, 3.63) is 65.2 Å². The number of para-hydroxylation sites is 1. The van der Waals surface area contributed by atoms with Crippen LogP contribution in [-0.4, -0.2) is 5.11 Å². The fraction of sp³-hybridized carbons (Fsp3) is 0.294. The molecule has 0 bridgehead atoms. The predicted octanol–water partition coefficient (Wildman–Crippen LogP) is 3.56. The van der Waals surface area contributed by atoms with Gasteiger partial charge in [-0.05, 0) is 36.0 Å². The molecule has 19 heavy (non-hydrogen) atoms. The Morgan fingerprint density at radius 2 is 1.84 bits per heavy atom. The normalized spacial score (nSPS) is 14.5. The summed E-state index contributed by atoms with van der Waals surface area (Å²) in [5, 5.41) is 13.1. The molecule has 2 aromatic carbocycles. The Bertz CT molecular complexity index is 561. The van der Waals surface area contributed by atoms with Gasteiger partial charge in [0, 0.05) is 18.7 Å². The summed E-state index contributed by atoms with van der Waals surface area (Å²) in [4.78, 5) is 0. The third-order valence-corrected chi connectivity index (χ3v) is 3.64. The minimum absolute atomic E-state index is 0.363. The van der Waals surface area contributed by atoms with Gasteiger partial charge in [0.2, 0.25) is 0 Å². The lowest BCUT2D eigenvalue weighted by Crippen LogP contribution is -2.12. The van der Waals surface area contributed by atoms with Gasteiger partial charge in [0.1, 0.15) is 5.75 Å². The molecule has 0 spiro atoms. The van der Waals surface area contributed by atoms with E-state index in [1.54, 1.807) is 6.07 Å². The smallest absolute Gasteiger partial charge is 0.120 e. The van der Waals surface area contributed by atoms with Crippen LogP contribution in [0.4, 0.5) is 0 Å². The summed E-state index contributed by atoms with van der Waals surface area (Å²) >= 11 is 0. The van der Waals surface area contributed by atoms with Crippen LogP contribution in [-0.2, 0) is 13.1 Å². The Morgan fingerprint density at radius 1 is 1.00 bits per heavy atom. The molecule has 2 aromatic rings. The molecule has 0 atom stereocenters. The Hall–Kier alpha value is -1.80. The summed E-state index contributed by atoms with van der Waals surface area (Å²) < 4.78 is 0. The largest absolute Gasteiger partial charge is 0.508 e. The lowest BCUT2D eigenvalue weighted by molar-refractivity contribution is 0.464. The average Bonchev–Trinajstić information content (AvgIpc) is 3.26. The van der Waals surface area contributed by atoms with Crippen LogP contribution < -0.4 is 5.32 Å². The summed E-state index contributed by atoms with van der Waals surface area (Å²) in [5.74, 6) is 1.17. The molecule has 0 radical (unpaired) electrons. The summed E-state index contributed by atoms with van der Waals surface area (Å²) in [6.07, 6.45) is 2.68. The number of aromatic hydroxyl groups is 1. The van der Waals surface area contributed by atoms with Crippen molar-refractivity contribution < 1.29 is 5.11 Å². The van der Waals surface area contributed by atoms with E-state index in [-0.39, 0.29) is 0 Å². The maximum atomic E-state index is 9.69. The van der Waals surface area contributed by atoms with E-state index in [0.29, 0.717) is 12.3 Å². The highest BCUT2D eigenvalue weighted by Crippen LogP contribution is 2.40. The van der Waals surface area contributed by atoms with Crippen LogP contribution >= 0.6 is 0 Å². The molecule has 1 aliphatic rings. The van der Waals surface area contributed by atoms with E-state index < -0.39 is 0 Å². The number of phenolic OH excluding ortho intramolecular Hbond substituents is 1. The topological polar surface area (TPSA) is 32.3 Å². The monoisotopic (exact) mass is 253 g/mol. The molecule has 0 aliphatic heterocycles. The first-order valence-electron chi connectivity index (χ1n) is 6.89. The Kier molecular flexibility index (Phi) is 3.51. The molecule has 2 nitrogen and oxygen atoms in total. The number of hydrogen-bond donors (Lipinski definition) is 2. The van der Waals surface area contributed by atoms with Crippen LogP contribution in [0.2, 0.25) is 0 Å². The average molecular weight is 253 g/mol. The third kappa shape index (κ3) is 3.15. The second kappa shape index (κ2) is 5.45. The molecule has 2 heteroatoms. The van der Waals surface area contributed by atoms with E-state index >= 15 is 0 Å². The zero-order valence-corrected chi connectivity index (χ0v) is 11.0.